The molecule has 2 rings (SSSR count). The zero-order valence-electron chi connectivity index (χ0n) is 13.1. The van der Waals surface area contributed by atoms with Crippen LogP contribution in [0.4, 0.5) is 4.39 Å². The van der Waals surface area contributed by atoms with Crippen LogP contribution in [0.15, 0.2) is 60.9 Å². The lowest BCUT2D eigenvalue weighted by Gasteiger charge is -2.07. The molecule has 0 fully saturated rings. The molecule has 2 heteroatoms. The summed E-state index contributed by atoms with van der Waals surface area (Å²) < 4.78 is 17.6. The Labute approximate surface area is 132 Å². The van der Waals surface area contributed by atoms with Crippen molar-refractivity contribution in [3.8, 4) is 16.9 Å². The third-order valence-electron chi connectivity index (χ3n) is 3.60. The van der Waals surface area contributed by atoms with Gasteiger partial charge in [0.2, 0.25) is 0 Å². The van der Waals surface area contributed by atoms with E-state index in [2.05, 4.69) is 43.3 Å². The summed E-state index contributed by atoms with van der Waals surface area (Å²) in [6.07, 6.45) is 5.99. The number of hydrogen-bond donors (Lipinski definition) is 0. The fraction of sp³-hybridized carbons (Fsp3) is 0.300. The molecule has 0 N–H and O–H groups in total. The number of hydrogen-bond acceptors (Lipinski definition) is 1. The number of aryl methyl sites for hydroxylation is 1. The molecular weight excluding hydrogens is 275 g/mol. The van der Waals surface area contributed by atoms with Crippen LogP contribution in [0, 0.1) is 0 Å². The van der Waals surface area contributed by atoms with Crippen molar-refractivity contribution in [2.45, 2.75) is 32.6 Å². The maximum Gasteiger partial charge on any atom is 0.119 e. The van der Waals surface area contributed by atoms with Gasteiger partial charge in [-0.15, -0.1) is 0 Å². The molecule has 0 aliphatic heterocycles. The summed E-state index contributed by atoms with van der Waals surface area (Å²) in [5.74, 6) is 0.923. The van der Waals surface area contributed by atoms with Crippen LogP contribution in [0.1, 0.15) is 31.7 Å². The normalized spacial score (nSPS) is 11.0. The molecule has 0 spiro atoms. The van der Waals surface area contributed by atoms with E-state index in [4.69, 9.17) is 4.74 Å². The number of allylic oxidation sites excluding steroid dienone is 1. The van der Waals surface area contributed by atoms with Crippen LogP contribution in [-0.4, -0.2) is 6.61 Å². The molecule has 2 aromatic rings. The summed E-state index contributed by atoms with van der Waals surface area (Å²) in [6, 6.07) is 16.6. The van der Waals surface area contributed by atoms with Gasteiger partial charge in [0.1, 0.15) is 5.75 Å². The summed E-state index contributed by atoms with van der Waals surface area (Å²) in [7, 11) is 0. The van der Waals surface area contributed by atoms with Gasteiger partial charge in [0.05, 0.1) is 12.9 Å². The topological polar surface area (TPSA) is 9.23 Å². The summed E-state index contributed by atoms with van der Waals surface area (Å²) in [6.45, 7) is 2.93. The monoisotopic (exact) mass is 298 g/mol. The van der Waals surface area contributed by atoms with Crippen molar-refractivity contribution in [1.29, 1.82) is 0 Å². The van der Waals surface area contributed by atoms with Crippen LogP contribution in [0.3, 0.4) is 0 Å². The van der Waals surface area contributed by atoms with E-state index in [0.717, 1.165) is 38.0 Å². The zero-order valence-corrected chi connectivity index (χ0v) is 13.1. The number of halogens is 1. The highest BCUT2D eigenvalue weighted by atomic mass is 19.1. The standard InChI is InChI=1S/C20H23FO/c1-2-3-16-22-20-13-11-19(12-14-20)18-9-7-17(8-10-18)6-4-5-15-21/h5,7-15H,2-4,6,16H2,1H3/b15-5+. The van der Waals surface area contributed by atoms with Crippen molar-refractivity contribution in [1.82, 2.24) is 0 Å². The van der Waals surface area contributed by atoms with E-state index in [0.29, 0.717) is 6.33 Å². The van der Waals surface area contributed by atoms with Crippen molar-refractivity contribution >= 4 is 0 Å². The molecule has 0 radical (unpaired) electrons. The minimum absolute atomic E-state index is 0.610. The van der Waals surface area contributed by atoms with Crippen LogP contribution in [0.5, 0.6) is 5.75 Å². The summed E-state index contributed by atoms with van der Waals surface area (Å²) in [5.41, 5.74) is 3.59. The number of ether oxygens (including phenoxy) is 1. The van der Waals surface area contributed by atoms with E-state index in [-0.39, 0.29) is 0 Å². The van der Waals surface area contributed by atoms with Gasteiger partial charge < -0.3 is 4.74 Å². The van der Waals surface area contributed by atoms with Gasteiger partial charge in [-0.3, -0.25) is 0 Å². The highest BCUT2D eigenvalue weighted by Crippen LogP contribution is 2.23. The van der Waals surface area contributed by atoms with Crippen LogP contribution in [0.2, 0.25) is 0 Å². The second-order valence-corrected chi connectivity index (χ2v) is 5.32. The second-order valence-electron chi connectivity index (χ2n) is 5.32. The number of unbranched alkanes of at least 4 members (excludes halogenated alkanes) is 1. The molecule has 1 nitrogen and oxygen atoms in total. The minimum Gasteiger partial charge on any atom is -0.494 e. The predicted octanol–water partition coefficient (Wildman–Crippen LogP) is 5.95. The zero-order chi connectivity index (χ0) is 15.6. The van der Waals surface area contributed by atoms with Crippen molar-refractivity contribution in [3.63, 3.8) is 0 Å². The lowest BCUT2D eigenvalue weighted by molar-refractivity contribution is 0.309. The Hall–Kier alpha value is -2.09. The first kappa shape index (κ1) is 16.3. The van der Waals surface area contributed by atoms with Crippen LogP contribution in [-0.2, 0) is 6.42 Å². The predicted molar refractivity (Wildman–Crippen MR) is 90.9 cm³/mol. The first-order valence-electron chi connectivity index (χ1n) is 7.91. The average molecular weight is 298 g/mol. The molecule has 0 heterocycles. The Morgan fingerprint density at radius 1 is 0.955 bits per heavy atom. The molecule has 0 aromatic heterocycles. The Morgan fingerprint density at radius 2 is 1.59 bits per heavy atom. The Bertz CT molecular complexity index is 570. The molecule has 116 valence electrons. The smallest absolute Gasteiger partial charge is 0.119 e. The van der Waals surface area contributed by atoms with Gasteiger partial charge in [-0.1, -0.05) is 55.8 Å². The van der Waals surface area contributed by atoms with E-state index in [1.165, 1.54) is 16.7 Å². The Morgan fingerprint density at radius 3 is 2.18 bits per heavy atom. The molecule has 0 aliphatic rings. The SMILES string of the molecule is CCCCOc1ccc(-c2ccc(CC/C=C/F)cc2)cc1. The van der Waals surface area contributed by atoms with Crippen molar-refractivity contribution < 1.29 is 9.13 Å². The molecule has 2 aromatic carbocycles. The fourth-order valence-corrected chi connectivity index (χ4v) is 2.25. The van der Waals surface area contributed by atoms with E-state index in [1.807, 2.05) is 12.1 Å². The Balaban J connectivity index is 1.96. The van der Waals surface area contributed by atoms with Crippen LogP contribution >= 0.6 is 0 Å². The highest BCUT2D eigenvalue weighted by molar-refractivity contribution is 5.64. The third-order valence-corrected chi connectivity index (χ3v) is 3.60. The van der Waals surface area contributed by atoms with E-state index >= 15 is 0 Å². The molecule has 0 saturated carbocycles. The summed E-state index contributed by atoms with van der Waals surface area (Å²) in [5, 5.41) is 0. The third kappa shape index (κ3) is 5.03. The van der Waals surface area contributed by atoms with Gasteiger partial charge >= 0.3 is 0 Å². The second kappa shape index (κ2) is 9.04. The van der Waals surface area contributed by atoms with E-state index in [9.17, 15) is 4.39 Å². The minimum atomic E-state index is 0.610. The fourth-order valence-electron chi connectivity index (χ4n) is 2.25. The molecule has 0 atom stereocenters. The van der Waals surface area contributed by atoms with Gasteiger partial charge in [-0.2, -0.15) is 0 Å². The number of rotatable bonds is 8. The molecule has 22 heavy (non-hydrogen) atoms. The van der Waals surface area contributed by atoms with Gasteiger partial charge in [0.25, 0.3) is 0 Å². The van der Waals surface area contributed by atoms with Gasteiger partial charge in [-0.25, -0.2) is 4.39 Å². The maximum absolute atomic E-state index is 11.9. The van der Waals surface area contributed by atoms with Crippen molar-refractivity contribution in [3.05, 3.63) is 66.5 Å². The molecule has 0 aliphatic carbocycles. The van der Waals surface area contributed by atoms with Gasteiger partial charge in [-0.05, 0) is 48.1 Å². The first-order valence-corrected chi connectivity index (χ1v) is 7.91. The van der Waals surface area contributed by atoms with Gasteiger partial charge in [0, 0.05) is 0 Å². The van der Waals surface area contributed by atoms with Crippen molar-refractivity contribution in [2.75, 3.05) is 6.61 Å². The lowest BCUT2D eigenvalue weighted by Crippen LogP contribution is -1.95. The molecule has 0 bridgehead atoms. The highest BCUT2D eigenvalue weighted by Gasteiger charge is 2.00. The lowest BCUT2D eigenvalue weighted by atomic mass is 10.0. The van der Waals surface area contributed by atoms with Crippen LogP contribution in [0.25, 0.3) is 11.1 Å². The molecule has 0 amide bonds. The molecular formula is C20H23FO. The average Bonchev–Trinajstić information content (AvgIpc) is 2.57. The van der Waals surface area contributed by atoms with Crippen molar-refractivity contribution in [2.24, 2.45) is 0 Å². The molecule has 0 unspecified atom stereocenters. The van der Waals surface area contributed by atoms with Gasteiger partial charge in [0.15, 0.2) is 0 Å². The quantitative estimate of drug-likeness (QED) is 0.547. The molecule has 0 saturated heterocycles. The Kier molecular flexibility index (Phi) is 6.69. The summed E-state index contributed by atoms with van der Waals surface area (Å²) in [4.78, 5) is 0. The number of benzene rings is 2. The van der Waals surface area contributed by atoms with Crippen LogP contribution < -0.4 is 4.74 Å². The summed E-state index contributed by atoms with van der Waals surface area (Å²) >= 11 is 0. The van der Waals surface area contributed by atoms with E-state index in [1.54, 1.807) is 6.08 Å². The first-order chi connectivity index (χ1) is 10.8. The maximum atomic E-state index is 11.9. The van der Waals surface area contributed by atoms with E-state index < -0.39 is 0 Å². The largest absolute Gasteiger partial charge is 0.494 e.